The molecule has 0 spiro atoms. The first kappa shape index (κ1) is 11.0. The van der Waals surface area contributed by atoms with Gasteiger partial charge in [-0.2, -0.15) is 0 Å². The van der Waals surface area contributed by atoms with Crippen LogP contribution in [0.2, 0.25) is 0 Å². The molecule has 0 aromatic rings. The average Bonchev–Trinajstić information content (AvgIpc) is 2.11. The minimum absolute atomic E-state index is 0.850. The van der Waals surface area contributed by atoms with Gasteiger partial charge >= 0.3 is 0 Å². The van der Waals surface area contributed by atoms with Crippen molar-refractivity contribution in [1.29, 1.82) is 0 Å². The summed E-state index contributed by atoms with van der Waals surface area (Å²) < 4.78 is 5.52. The second kappa shape index (κ2) is 6.39. The highest BCUT2D eigenvalue weighted by Crippen LogP contribution is 2.10. The number of hydrogen-bond acceptors (Lipinski definition) is 2. The molecule has 1 fully saturated rings. The van der Waals surface area contributed by atoms with Crippen molar-refractivity contribution in [3.05, 3.63) is 0 Å². The lowest BCUT2D eigenvalue weighted by molar-refractivity contribution is 0.123. The van der Waals surface area contributed by atoms with Crippen molar-refractivity contribution < 1.29 is 4.74 Å². The minimum Gasteiger partial charge on any atom is -0.381 e. The van der Waals surface area contributed by atoms with Crippen LogP contribution >= 0.6 is 0 Å². The third-order valence-corrected chi connectivity index (χ3v) is 2.69. The Morgan fingerprint density at radius 2 is 1.92 bits per heavy atom. The van der Waals surface area contributed by atoms with Gasteiger partial charge in [-0.05, 0) is 32.2 Å². The Hall–Kier alpha value is -0.0800. The molecule has 1 rings (SSSR count). The molecule has 1 aliphatic rings. The van der Waals surface area contributed by atoms with Gasteiger partial charge in [-0.1, -0.05) is 13.3 Å². The van der Waals surface area contributed by atoms with Gasteiger partial charge in [0.25, 0.3) is 0 Å². The summed E-state index contributed by atoms with van der Waals surface area (Å²) in [6, 6.07) is 0. The van der Waals surface area contributed by atoms with Gasteiger partial charge in [-0.15, -0.1) is 0 Å². The Morgan fingerprint density at radius 1 is 1.15 bits per heavy atom. The highest BCUT2D eigenvalue weighted by atomic mass is 16.5. The van der Waals surface area contributed by atoms with Crippen molar-refractivity contribution in [3.8, 4) is 0 Å². The molecule has 1 aliphatic heterocycles. The Bertz CT molecular complexity index is 113. The van der Waals surface area contributed by atoms with E-state index in [1.165, 1.54) is 38.8 Å². The molecule has 0 N–H and O–H groups in total. The van der Waals surface area contributed by atoms with Crippen LogP contribution in [0.1, 0.15) is 32.6 Å². The fraction of sp³-hybridized carbons (Fsp3) is 1.00. The van der Waals surface area contributed by atoms with E-state index in [4.69, 9.17) is 4.74 Å². The number of rotatable bonds is 0. The summed E-state index contributed by atoms with van der Waals surface area (Å²) in [5, 5.41) is 0. The summed E-state index contributed by atoms with van der Waals surface area (Å²) in [5.41, 5.74) is 0. The van der Waals surface area contributed by atoms with Crippen molar-refractivity contribution in [3.63, 3.8) is 0 Å². The Kier molecular flexibility index (Phi) is 5.40. The molecule has 2 heteroatoms. The molecule has 13 heavy (non-hydrogen) atoms. The average molecular weight is 185 g/mol. The number of nitrogens with zero attached hydrogens (tertiary/aromatic N) is 1. The highest BCUT2D eigenvalue weighted by molar-refractivity contribution is 4.60. The predicted molar refractivity (Wildman–Crippen MR) is 55.9 cm³/mol. The van der Waals surface area contributed by atoms with E-state index in [1.54, 1.807) is 0 Å². The van der Waals surface area contributed by atoms with E-state index >= 15 is 0 Å². The Labute approximate surface area is 82.3 Å². The third-order valence-electron chi connectivity index (χ3n) is 2.69. The third kappa shape index (κ3) is 5.27. The Balaban J connectivity index is 2.25. The topological polar surface area (TPSA) is 12.5 Å². The lowest BCUT2D eigenvalue weighted by Gasteiger charge is -2.20. The van der Waals surface area contributed by atoms with E-state index in [2.05, 4.69) is 18.9 Å². The minimum atomic E-state index is 0.850. The summed E-state index contributed by atoms with van der Waals surface area (Å²) in [5.74, 6) is 0.850. The quantitative estimate of drug-likeness (QED) is 0.573. The monoisotopic (exact) mass is 185 g/mol. The van der Waals surface area contributed by atoms with Crippen LogP contribution < -0.4 is 0 Å². The summed E-state index contributed by atoms with van der Waals surface area (Å²) >= 11 is 0. The molecule has 1 heterocycles. The van der Waals surface area contributed by atoms with Gasteiger partial charge in [0.15, 0.2) is 0 Å². The fourth-order valence-corrected chi connectivity index (χ4v) is 1.95. The van der Waals surface area contributed by atoms with Gasteiger partial charge < -0.3 is 9.64 Å². The molecular weight excluding hydrogens is 162 g/mol. The maximum Gasteiger partial charge on any atom is 0.0478 e. The Morgan fingerprint density at radius 3 is 2.77 bits per heavy atom. The van der Waals surface area contributed by atoms with E-state index in [0.717, 1.165) is 19.1 Å². The van der Waals surface area contributed by atoms with E-state index < -0.39 is 0 Å². The van der Waals surface area contributed by atoms with E-state index in [0.29, 0.717) is 0 Å². The van der Waals surface area contributed by atoms with Crippen LogP contribution in [-0.2, 0) is 4.74 Å². The van der Waals surface area contributed by atoms with Crippen LogP contribution in [0.3, 0.4) is 0 Å². The SMILES string of the molecule is CC1CCCCOCCCN(C)C1. The summed E-state index contributed by atoms with van der Waals surface area (Å²) in [7, 11) is 2.22. The zero-order chi connectivity index (χ0) is 9.52. The highest BCUT2D eigenvalue weighted by Gasteiger charge is 2.07. The van der Waals surface area contributed by atoms with Gasteiger partial charge in [-0.3, -0.25) is 0 Å². The number of ether oxygens (including phenoxy) is 1. The van der Waals surface area contributed by atoms with Crippen molar-refractivity contribution in [2.45, 2.75) is 32.6 Å². The summed E-state index contributed by atoms with van der Waals surface area (Å²) in [4.78, 5) is 2.43. The molecular formula is C11H23NO. The molecule has 0 bridgehead atoms. The molecule has 0 aromatic carbocycles. The molecule has 1 unspecified atom stereocenters. The van der Waals surface area contributed by atoms with Gasteiger partial charge in [0.1, 0.15) is 0 Å². The van der Waals surface area contributed by atoms with Gasteiger partial charge in [0.2, 0.25) is 0 Å². The molecule has 0 amide bonds. The molecule has 0 radical (unpaired) electrons. The van der Waals surface area contributed by atoms with Crippen molar-refractivity contribution in [1.82, 2.24) is 4.90 Å². The predicted octanol–water partition coefficient (Wildman–Crippen LogP) is 2.14. The first-order valence-corrected chi connectivity index (χ1v) is 5.55. The van der Waals surface area contributed by atoms with Crippen LogP contribution in [0.25, 0.3) is 0 Å². The molecule has 0 aromatic heterocycles. The second-order valence-corrected chi connectivity index (χ2v) is 4.33. The summed E-state index contributed by atoms with van der Waals surface area (Å²) in [6.45, 7) is 6.70. The summed E-state index contributed by atoms with van der Waals surface area (Å²) in [6.07, 6.45) is 5.11. The molecule has 78 valence electrons. The van der Waals surface area contributed by atoms with Crippen LogP contribution in [0.5, 0.6) is 0 Å². The molecule has 2 nitrogen and oxygen atoms in total. The molecule has 0 aliphatic carbocycles. The second-order valence-electron chi connectivity index (χ2n) is 4.33. The largest absolute Gasteiger partial charge is 0.381 e. The van der Waals surface area contributed by atoms with E-state index in [1.807, 2.05) is 0 Å². The number of hydrogen-bond donors (Lipinski definition) is 0. The maximum absolute atomic E-state index is 5.52. The van der Waals surface area contributed by atoms with Crippen LogP contribution in [0, 0.1) is 5.92 Å². The van der Waals surface area contributed by atoms with Crippen molar-refractivity contribution >= 4 is 0 Å². The standard InChI is InChI=1S/C11H23NO/c1-11-6-3-4-8-13-9-5-7-12(2)10-11/h11H,3-10H2,1-2H3. The van der Waals surface area contributed by atoms with Gasteiger partial charge in [0, 0.05) is 26.3 Å². The molecule has 0 saturated carbocycles. The van der Waals surface area contributed by atoms with Gasteiger partial charge in [0.05, 0.1) is 0 Å². The van der Waals surface area contributed by atoms with Crippen LogP contribution in [0.15, 0.2) is 0 Å². The lowest BCUT2D eigenvalue weighted by atomic mass is 10.0. The molecule has 1 atom stereocenters. The maximum atomic E-state index is 5.52. The van der Waals surface area contributed by atoms with Gasteiger partial charge in [-0.25, -0.2) is 0 Å². The van der Waals surface area contributed by atoms with Crippen molar-refractivity contribution in [2.24, 2.45) is 5.92 Å². The van der Waals surface area contributed by atoms with Crippen LogP contribution in [0.4, 0.5) is 0 Å². The smallest absolute Gasteiger partial charge is 0.0478 e. The van der Waals surface area contributed by atoms with E-state index in [9.17, 15) is 0 Å². The first-order chi connectivity index (χ1) is 6.29. The zero-order valence-electron chi connectivity index (χ0n) is 9.09. The fourth-order valence-electron chi connectivity index (χ4n) is 1.95. The lowest BCUT2D eigenvalue weighted by Crippen LogP contribution is -2.25. The first-order valence-electron chi connectivity index (χ1n) is 5.55. The van der Waals surface area contributed by atoms with Crippen molar-refractivity contribution in [2.75, 3.05) is 33.4 Å². The van der Waals surface area contributed by atoms with E-state index in [-0.39, 0.29) is 0 Å². The zero-order valence-corrected chi connectivity index (χ0v) is 9.09. The normalized spacial score (nSPS) is 29.5. The molecule has 1 saturated heterocycles. The van der Waals surface area contributed by atoms with Crippen LogP contribution in [-0.4, -0.2) is 38.3 Å².